The minimum atomic E-state index is -0.283. The number of rotatable bonds is 7. The number of piperidine rings is 1. The lowest BCUT2D eigenvalue weighted by molar-refractivity contribution is -0.139. The molecule has 164 valence electrons. The maximum Gasteiger partial charge on any atom is 0.240 e. The Kier molecular flexibility index (Phi) is 5.03. The van der Waals surface area contributed by atoms with E-state index in [4.69, 9.17) is 5.73 Å². The molecule has 4 fully saturated rings. The summed E-state index contributed by atoms with van der Waals surface area (Å²) in [5.41, 5.74) is 8.34. The van der Waals surface area contributed by atoms with Crippen LogP contribution in [0.3, 0.4) is 0 Å². The van der Waals surface area contributed by atoms with Crippen LogP contribution < -0.4 is 5.73 Å². The van der Waals surface area contributed by atoms with Crippen molar-refractivity contribution < 1.29 is 9.18 Å². The summed E-state index contributed by atoms with van der Waals surface area (Å²) >= 11 is 0. The number of fused-ring (bicyclic) bond motifs is 3. The lowest BCUT2D eigenvalue weighted by Gasteiger charge is -2.40. The van der Waals surface area contributed by atoms with E-state index in [1.807, 2.05) is 4.90 Å². The first-order valence-corrected chi connectivity index (χ1v) is 11.4. The topological polar surface area (TPSA) is 76.6 Å². The summed E-state index contributed by atoms with van der Waals surface area (Å²) in [6.45, 7) is 7.68. The predicted octanol–water partition coefficient (Wildman–Crippen LogP) is 2.39. The summed E-state index contributed by atoms with van der Waals surface area (Å²) in [6, 6.07) is 8.89. The summed E-state index contributed by atoms with van der Waals surface area (Å²) in [4.78, 5) is 19.6. The van der Waals surface area contributed by atoms with Crippen LogP contribution in [-0.2, 0) is 4.79 Å². The highest BCUT2D eigenvalue weighted by atomic mass is 19.1. The van der Waals surface area contributed by atoms with E-state index in [1.54, 1.807) is 12.1 Å². The van der Waals surface area contributed by atoms with Gasteiger partial charge in [0.1, 0.15) is 11.9 Å². The second-order valence-electron chi connectivity index (χ2n) is 9.53. The SMILES string of the molecule is C=C(C(N)CN1C[C@@H]2CC1C(=O)N2[C@@H](CC)c1ccc(F)cc1)N1C(C#N)CC2CC21. The number of amides is 1. The largest absolute Gasteiger partial charge is 0.355 e. The van der Waals surface area contributed by atoms with Crippen LogP contribution in [0.2, 0.25) is 0 Å². The Morgan fingerprint density at radius 3 is 2.71 bits per heavy atom. The van der Waals surface area contributed by atoms with Crippen LogP contribution >= 0.6 is 0 Å². The molecule has 6 nitrogen and oxygen atoms in total. The molecule has 2 N–H and O–H groups in total. The van der Waals surface area contributed by atoms with Gasteiger partial charge < -0.3 is 15.5 Å². The predicted molar refractivity (Wildman–Crippen MR) is 115 cm³/mol. The molecule has 7 heteroatoms. The smallest absolute Gasteiger partial charge is 0.240 e. The van der Waals surface area contributed by atoms with E-state index in [9.17, 15) is 14.4 Å². The molecule has 0 spiro atoms. The third-order valence-corrected chi connectivity index (χ3v) is 7.74. The maximum atomic E-state index is 13.4. The molecule has 3 saturated heterocycles. The van der Waals surface area contributed by atoms with Gasteiger partial charge >= 0.3 is 0 Å². The van der Waals surface area contributed by atoms with Crippen molar-refractivity contribution in [3.63, 3.8) is 0 Å². The fourth-order valence-electron chi connectivity index (χ4n) is 6.11. The average Bonchev–Trinajstić information content (AvgIpc) is 3.10. The van der Waals surface area contributed by atoms with Gasteiger partial charge in [-0.3, -0.25) is 9.69 Å². The number of carbonyl (C=O) groups is 1. The summed E-state index contributed by atoms with van der Waals surface area (Å²) in [7, 11) is 0. The number of nitrogens with zero attached hydrogens (tertiary/aromatic N) is 4. The second kappa shape index (κ2) is 7.61. The third-order valence-electron chi connectivity index (χ3n) is 7.74. The molecule has 1 aliphatic carbocycles. The fourth-order valence-corrected chi connectivity index (χ4v) is 6.11. The summed E-state index contributed by atoms with van der Waals surface area (Å²) < 4.78 is 13.4. The van der Waals surface area contributed by atoms with Gasteiger partial charge in [0.2, 0.25) is 5.91 Å². The quantitative estimate of drug-likeness (QED) is 0.729. The van der Waals surface area contributed by atoms with Gasteiger partial charge in [0.05, 0.1) is 24.2 Å². The number of likely N-dealkylation sites (tertiary alicyclic amines) is 3. The zero-order valence-corrected chi connectivity index (χ0v) is 18.0. The van der Waals surface area contributed by atoms with Gasteiger partial charge in [0.15, 0.2) is 0 Å². The van der Waals surface area contributed by atoms with E-state index < -0.39 is 0 Å². The zero-order chi connectivity index (χ0) is 21.9. The molecular formula is C24H30FN5O. The number of hydrogen-bond acceptors (Lipinski definition) is 5. The first-order chi connectivity index (χ1) is 14.9. The lowest BCUT2D eigenvalue weighted by Crippen LogP contribution is -2.55. The van der Waals surface area contributed by atoms with Crippen molar-refractivity contribution in [3.05, 3.63) is 47.9 Å². The van der Waals surface area contributed by atoms with Crippen molar-refractivity contribution >= 4 is 5.91 Å². The molecule has 5 rings (SSSR count). The molecule has 3 aliphatic heterocycles. The maximum absolute atomic E-state index is 13.4. The number of piperazine rings is 1. The van der Waals surface area contributed by atoms with Crippen molar-refractivity contribution in [2.45, 2.75) is 68.9 Å². The van der Waals surface area contributed by atoms with Crippen molar-refractivity contribution in [1.82, 2.24) is 14.7 Å². The van der Waals surface area contributed by atoms with Crippen molar-refractivity contribution in [1.29, 1.82) is 5.26 Å². The van der Waals surface area contributed by atoms with Crippen LogP contribution in [-0.4, -0.2) is 63.9 Å². The van der Waals surface area contributed by atoms with E-state index in [1.165, 1.54) is 12.1 Å². The molecular weight excluding hydrogens is 393 g/mol. The van der Waals surface area contributed by atoms with Crippen molar-refractivity contribution in [3.8, 4) is 6.07 Å². The average molecular weight is 424 g/mol. The molecule has 1 amide bonds. The summed E-state index contributed by atoms with van der Waals surface area (Å²) in [5.74, 6) is 0.495. The molecule has 4 aliphatic rings. The highest BCUT2D eigenvalue weighted by Crippen LogP contribution is 2.49. The summed E-state index contributed by atoms with van der Waals surface area (Å²) in [5, 5.41) is 9.47. The Morgan fingerprint density at radius 1 is 1.32 bits per heavy atom. The molecule has 1 aromatic carbocycles. The molecule has 0 radical (unpaired) electrons. The number of halogens is 1. The van der Waals surface area contributed by atoms with Gasteiger partial charge in [0.25, 0.3) is 0 Å². The molecule has 0 aromatic heterocycles. The Labute approximate surface area is 183 Å². The minimum absolute atomic E-state index is 0.0262. The van der Waals surface area contributed by atoms with Gasteiger partial charge in [-0.2, -0.15) is 5.26 Å². The number of benzene rings is 1. The Bertz CT molecular complexity index is 927. The Hall–Kier alpha value is -2.43. The number of nitriles is 1. The van der Waals surface area contributed by atoms with E-state index in [0.717, 1.165) is 43.5 Å². The van der Waals surface area contributed by atoms with Crippen LogP contribution in [0.5, 0.6) is 0 Å². The number of carbonyl (C=O) groups excluding carboxylic acids is 1. The molecule has 31 heavy (non-hydrogen) atoms. The van der Waals surface area contributed by atoms with Crippen LogP contribution in [0.4, 0.5) is 4.39 Å². The van der Waals surface area contributed by atoms with E-state index in [0.29, 0.717) is 18.5 Å². The molecule has 2 bridgehead atoms. The molecule has 1 saturated carbocycles. The van der Waals surface area contributed by atoms with Gasteiger partial charge in [-0.1, -0.05) is 25.6 Å². The summed E-state index contributed by atoms with van der Waals surface area (Å²) in [6.07, 6.45) is 3.65. The minimum Gasteiger partial charge on any atom is -0.355 e. The third kappa shape index (κ3) is 3.33. The zero-order valence-electron chi connectivity index (χ0n) is 18.0. The van der Waals surface area contributed by atoms with Crippen molar-refractivity contribution in [2.24, 2.45) is 11.7 Å². The van der Waals surface area contributed by atoms with Crippen LogP contribution in [0, 0.1) is 23.1 Å². The highest BCUT2D eigenvalue weighted by molar-refractivity contribution is 5.86. The first kappa shape index (κ1) is 20.5. The number of nitrogens with two attached hydrogens (primary N) is 1. The van der Waals surface area contributed by atoms with Crippen LogP contribution in [0.25, 0.3) is 0 Å². The van der Waals surface area contributed by atoms with E-state index >= 15 is 0 Å². The highest BCUT2D eigenvalue weighted by Gasteiger charge is 2.54. The Morgan fingerprint density at radius 2 is 2.06 bits per heavy atom. The van der Waals surface area contributed by atoms with E-state index in [-0.39, 0.29) is 41.9 Å². The van der Waals surface area contributed by atoms with Gasteiger partial charge in [0, 0.05) is 30.9 Å². The fraction of sp³-hybridized carbons (Fsp3) is 0.583. The van der Waals surface area contributed by atoms with Crippen molar-refractivity contribution in [2.75, 3.05) is 13.1 Å². The van der Waals surface area contributed by atoms with E-state index in [2.05, 4.69) is 29.4 Å². The first-order valence-electron chi connectivity index (χ1n) is 11.4. The molecule has 3 heterocycles. The molecule has 1 aromatic rings. The molecule has 5 unspecified atom stereocenters. The molecule has 7 atom stereocenters. The van der Waals surface area contributed by atoms with Gasteiger partial charge in [-0.05, 0) is 49.3 Å². The van der Waals surface area contributed by atoms with Crippen LogP contribution in [0.1, 0.15) is 44.2 Å². The lowest BCUT2D eigenvalue weighted by atomic mass is 10.0. The number of hydrogen-bond donors (Lipinski definition) is 1. The van der Waals surface area contributed by atoms with Gasteiger partial charge in [-0.15, -0.1) is 0 Å². The van der Waals surface area contributed by atoms with Gasteiger partial charge in [-0.25, -0.2) is 4.39 Å². The second-order valence-corrected chi connectivity index (χ2v) is 9.53. The van der Waals surface area contributed by atoms with Crippen LogP contribution in [0.15, 0.2) is 36.5 Å². The Balaban J connectivity index is 1.25. The monoisotopic (exact) mass is 423 g/mol. The normalized spacial score (nSPS) is 33.4. The standard InChI is InChI=1S/C24H30FN5O/c1-3-21(15-4-6-17(25)7-5-15)30-19-10-23(24(30)31)28(12-19)13-20(27)14(2)29-18(11-26)8-16-9-22(16)29/h4-7,16,18-23H,2-3,8-10,12-13,27H2,1H3/t16?,18?,19-,20?,21-,22?,23?/m0/s1.